The molecule has 4 nitrogen and oxygen atoms in total. The Morgan fingerprint density at radius 3 is 3.06 bits per heavy atom. The van der Waals surface area contributed by atoms with Gasteiger partial charge in [0.25, 0.3) is 0 Å². The Labute approximate surface area is 96.0 Å². The molecule has 1 saturated heterocycles. The second-order valence-electron chi connectivity index (χ2n) is 3.97. The minimum atomic E-state index is 0.577. The highest BCUT2D eigenvalue weighted by atomic mass is 16.5. The molecule has 0 atom stereocenters. The number of methoxy groups -OCH3 is 1. The number of rotatable bonds is 4. The minimum absolute atomic E-state index is 0.577. The summed E-state index contributed by atoms with van der Waals surface area (Å²) in [5.41, 5.74) is 1.21. The number of ether oxygens (including phenoxy) is 2. The molecule has 2 heterocycles. The maximum atomic E-state index is 5.32. The molecule has 0 unspecified atom stereocenters. The average Bonchev–Trinajstić information content (AvgIpc) is 2.38. The summed E-state index contributed by atoms with van der Waals surface area (Å²) >= 11 is 0. The van der Waals surface area contributed by atoms with E-state index < -0.39 is 0 Å². The van der Waals surface area contributed by atoms with E-state index in [1.54, 1.807) is 13.3 Å². The van der Waals surface area contributed by atoms with Crippen LogP contribution in [0.25, 0.3) is 0 Å². The molecule has 1 aromatic heterocycles. The molecule has 16 heavy (non-hydrogen) atoms. The van der Waals surface area contributed by atoms with Gasteiger partial charge in [-0.05, 0) is 24.5 Å². The van der Waals surface area contributed by atoms with Crippen molar-refractivity contribution >= 4 is 0 Å². The van der Waals surface area contributed by atoms with Crippen LogP contribution >= 0.6 is 0 Å². The fraction of sp³-hybridized carbons (Fsp3) is 0.583. The molecule has 1 N–H and O–H groups in total. The highest BCUT2D eigenvalue weighted by Crippen LogP contribution is 2.10. The Bertz CT molecular complexity index is 325. The molecule has 4 heteroatoms. The van der Waals surface area contributed by atoms with Gasteiger partial charge in [-0.15, -0.1) is 0 Å². The maximum Gasteiger partial charge on any atom is 0.213 e. The Morgan fingerprint density at radius 2 is 2.31 bits per heavy atom. The van der Waals surface area contributed by atoms with Gasteiger partial charge in [0.1, 0.15) is 0 Å². The molecule has 0 radical (unpaired) electrons. The van der Waals surface area contributed by atoms with E-state index in [0.29, 0.717) is 11.9 Å². The van der Waals surface area contributed by atoms with E-state index in [1.807, 2.05) is 12.1 Å². The Balaban J connectivity index is 1.83. The number of pyridine rings is 1. The summed E-state index contributed by atoms with van der Waals surface area (Å²) in [6.07, 6.45) is 3.98. The quantitative estimate of drug-likeness (QED) is 0.835. The number of nitrogens with zero attached hydrogens (tertiary/aromatic N) is 1. The van der Waals surface area contributed by atoms with Crippen LogP contribution in [0, 0.1) is 0 Å². The molecule has 1 aliphatic rings. The van der Waals surface area contributed by atoms with E-state index in [-0.39, 0.29) is 0 Å². The highest BCUT2D eigenvalue weighted by molar-refractivity contribution is 5.20. The number of aromatic nitrogens is 1. The standard InChI is InChI=1S/C12H18N2O2/c1-15-12-8-10(2-5-13-12)9-14-11-3-6-16-7-4-11/h2,5,8,11,14H,3-4,6-7,9H2,1H3. The molecule has 0 bridgehead atoms. The molecule has 0 amide bonds. The molecular weight excluding hydrogens is 204 g/mol. The molecule has 1 aliphatic heterocycles. The van der Waals surface area contributed by atoms with Crippen LogP contribution in [0.15, 0.2) is 18.3 Å². The van der Waals surface area contributed by atoms with Crippen molar-refractivity contribution < 1.29 is 9.47 Å². The van der Waals surface area contributed by atoms with Crippen LogP contribution in [0.5, 0.6) is 5.88 Å². The summed E-state index contributed by atoms with van der Waals surface area (Å²) in [5, 5.41) is 3.53. The molecule has 0 aromatic carbocycles. The second kappa shape index (κ2) is 5.82. The third kappa shape index (κ3) is 3.18. The average molecular weight is 222 g/mol. The summed E-state index contributed by atoms with van der Waals surface area (Å²) in [6.45, 7) is 2.61. The van der Waals surface area contributed by atoms with E-state index >= 15 is 0 Å². The van der Waals surface area contributed by atoms with Crippen molar-refractivity contribution in [2.45, 2.75) is 25.4 Å². The van der Waals surface area contributed by atoms with E-state index in [9.17, 15) is 0 Å². The fourth-order valence-electron chi connectivity index (χ4n) is 1.84. The topological polar surface area (TPSA) is 43.4 Å². The molecule has 2 rings (SSSR count). The Morgan fingerprint density at radius 1 is 1.50 bits per heavy atom. The largest absolute Gasteiger partial charge is 0.481 e. The first-order valence-electron chi connectivity index (χ1n) is 5.68. The normalized spacial score (nSPS) is 17.3. The zero-order chi connectivity index (χ0) is 11.2. The smallest absolute Gasteiger partial charge is 0.213 e. The number of nitrogens with one attached hydrogen (secondary N) is 1. The number of hydrogen-bond donors (Lipinski definition) is 1. The molecule has 0 aliphatic carbocycles. The lowest BCUT2D eigenvalue weighted by molar-refractivity contribution is 0.0776. The van der Waals surface area contributed by atoms with Crippen LogP contribution in [-0.4, -0.2) is 31.3 Å². The van der Waals surface area contributed by atoms with E-state index in [2.05, 4.69) is 10.3 Å². The summed E-state index contributed by atoms with van der Waals surface area (Å²) in [4.78, 5) is 4.08. The molecule has 0 spiro atoms. The SMILES string of the molecule is COc1cc(CNC2CCOCC2)ccn1. The van der Waals surface area contributed by atoms with Crippen molar-refractivity contribution in [3.05, 3.63) is 23.9 Å². The zero-order valence-corrected chi connectivity index (χ0v) is 9.61. The van der Waals surface area contributed by atoms with Crippen LogP contribution in [0.4, 0.5) is 0 Å². The predicted octanol–water partition coefficient (Wildman–Crippen LogP) is 1.36. The molecule has 1 fully saturated rings. The van der Waals surface area contributed by atoms with E-state index in [4.69, 9.17) is 9.47 Å². The van der Waals surface area contributed by atoms with Crippen molar-refractivity contribution in [3.63, 3.8) is 0 Å². The molecule has 0 saturated carbocycles. The number of hydrogen-bond acceptors (Lipinski definition) is 4. The van der Waals surface area contributed by atoms with Gasteiger partial charge in [-0.1, -0.05) is 0 Å². The first-order chi connectivity index (χ1) is 7.88. The van der Waals surface area contributed by atoms with E-state index in [0.717, 1.165) is 32.6 Å². The van der Waals surface area contributed by atoms with Gasteiger partial charge in [0.2, 0.25) is 5.88 Å². The molecule has 88 valence electrons. The Kier molecular flexibility index (Phi) is 4.13. The predicted molar refractivity (Wildman–Crippen MR) is 61.5 cm³/mol. The van der Waals surface area contributed by atoms with Crippen molar-refractivity contribution in [2.24, 2.45) is 0 Å². The monoisotopic (exact) mass is 222 g/mol. The van der Waals surface area contributed by atoms with Gasteiger partial charge in [0, 0.05) is 38.1 Å². The minimum Gasteiger partial charge on any atom is -0.481 e. The lowest BCUT2D eigenvalue weighted by Gasteiger charge is -2.23. The van der Waals surface area contributed by atoms with Gasteiger partial charge in [0.15, 0.2) is 0 Å². The van der Waals surface area contributed by atoms with Gasteiger partial charge in [-0.25, -0.2) is 4.98 Å². The van der Waals surface area contributed by atoms with Crippen LogP contribution in [0.3, 0.4) is 0 Å². The lowest BCUT2D eigenvalue weighted by Crippen LogP contribution is -2.34. The highest BCUT2D eigenvalue weighted by Gasteiger charge is 2.12. The summed E-state index contributed by atoms with van der Waals surface area (Å²) in [5.74, 6) is 0.672. The van der Waals surface area contributed by atoms with Gasteiger partial charge in [-0.3, -0.25) is 0 Å². The summed E-state index contributed by atoms with van der Waals surface area (Å²) < 4.78 is 10.4. The van der Waals surface area contributed by atoms with Crippen LogP contribution < -0.4 is 10.1 Å². The van der Waals surface area contributed by atoms with Crippen LogP contribution in [-0.2, 0) is 11.3 Å². The van der Waals surface area contributed by atoms with Gasteiger partial charge in [0.05, 0.1) is 7.11 Å². The molecular formula is C12H18N2O2. The van der Waals surface area contributed by atoms with Crippen molar-refractivity contribution in [2.75, 3.05) is 20.3 Å². The third-order valence-electron chi connectivity index (χ3n) is 2.82. The zero-order valence-electron chi connectivity index (χ0n) is 9.61. The van der Waals surface area contributed by atoms with Gasteiger partial charge in [-0.2, -0.15) is 0 Å². The maximum absolute atomic E-state index is 5.32. The third-order valence-corrected chi connectivity index (χ3v) is 2.82. The van der Waals surface area contributed by atoms with Crippen molar-refractivity contribution in [3.8, 4) is 5.88 Å². The first kappa shape index (κ1) is 11.4. The fourth-order valence-corrected chi connectivity index (χ4v) is 1.84. The van der Waals surface area contributed by atoms with E-state index in [1.165, 1.54) is 5.56 Å². The summed E-state index contributed by atoms with van der Waals surface area (Å²) in [6, 6.07) is 4.55. The second-order valence-corrected chi connectivity index (χ2v) is 3.97. The Hall–Kier alpha value is -1.13. The van der Waals surface area contributed by atoms with Crippen LogP contribution in [0.1, 0.15) is 18.4 Å². The molecule has 1 aromatic rings. The lowest BCUT2D eigenvalue weighted by atomic mass is 10.1. The van der Waals surface area contributed by atoms with Crippen molar-refractivity contribution in [1.29, 1.82) is 0 Å². The van der Waals surface area contributed by atoms with Crippen molar-refractivity contribution in [1.82, 2.24) is 10.3 Å². The summed E-state index contributed by atoms with van der Waals surface area (Å²) in [7, 11) is 1.64. The first-order valence-corrected chi connectivity index (χ1v) is 5.68. The van der Waals surface area contributed by atoms with Crippen LogP contribution in [0.2, 0.25) is 0 Å². The van der Waals surface area contributed by atoms with Gasteiger partial charge < -0.3 is 14.8 Å². The van der Waals surface area contributed by atoms with Gasteiger partial charge >= 0.3 is 0 Å².